The van der Waals surface area contributed by atoms with Crippen LogP contribution in [0.15, 0.2) is 180 Å². The van der Waals surface area contributed by atoms with E-state index in [1.54, 1.807) is 0 Å². The Morgan fingerprint density at radius 2 is 0.961 bits per heavy atom. The average molecular weight is 652 g/mol. The lowest BCUT2D eigenvalue weighted by Crippen LogP contribution is -1.98. The molecule has 7 aromatic carbocycles. The van der Waals surface area contributed by atoms with E-state index in [2.05, 4.69) is 167 Å². The molecular formula is C47H29N3O. The fourth-order valence-corrected chi connectivity index (χ4v) is 8.00. The van der Waals surface area contributed by atoms with Crippen LogP contribution < -0.4 is 0 Å². The van der Waals surface area contributed by atoms with E-state index >= 15 is 0 Å². The third-order valence-corrected chi connectivity index (χ3v) is 10.3. The van der Waals surface area contributed by atoms with Gasteiger partial charge < -0.3 is 8.98 Å². The highest BCUT2D eigenvalue weighted by Gasteiger charge is 2.19. The van der Waals surface area contributed by atoms with Crippen molar-refractivity contribution in [1.29, 1.82) is 0 Å². The molecule has 0 N–H and O–H groups in total. The van der Waals surface area contributed by atoms with Crippen LogP contribution in [0.25, 0.3) is 99.4 Å². The van der Waals surface area contributed by atoms with Gasteiger partial charge in [-0.15, -0.1) is 0 Å². The lowest BCUT2D eigenvalue weighted by molar-refractivity contribution is 0.669. The quantitative estimate of drug-likeness (QED) is 0.190. The van der Waals surface area contributed by atoms with Crippen LogP contribution in [-0.2, 0) is 0 Å². The van der Waals surface area contributed by atoms with E-state index < -0.39 is 0 Å². The summed E-state index contributed by atoms with van der Waals surface area (Å²) in [7, 11) is 0. The van der Waals surface area contributed by atoms with Gasteiger partial charge in [-0.1, -0.05) is 109 Å². The van der Waals surface area contributed by atoms with Crippen molar-refractivity contribution in [2.45, 2.75) is 0 Å². The number of nitrogens with zero attached hydrogens (tertiary/aromatic N) is 3. The Labute approximate surface area is 293 Å². The number of pyridine rings is 1. The number of hydrogen-bond acceptors (Lipinski definition) is 2. The fourth-order valence-electron chi connectivity index (χ4n) is 8.00. The molecule has 11 rings (SSSR count). The van der Waals surface area contributed by atoms with Gasteiger partial charge in [0.1, 0.15) is 17.0 Å². The lowest BCUT2D eigenvalue weighted by atomic mass is 10.0. The van der Waals surface area contributed by atoms with E-state index in [1.807, 2.05) is 18.2 Å². The molecule has 0 aliphatic heterocycles. The second-order valence-corrected chi connectivity index (χ2v) is 13.2. The molecule has 0 saturated heterocycles. The zero-order valence-corrected chi connectivity index (χ0v) is 27.5. The van der Waals surface area contributed by atoms with Crippen molar-refractivity contribution >= 4 is 65.6 Å². The van der Waals surface area contributed by atoms with Gasteiger partial charge in [0.2, 0.25) is 0 Å². The fraction of sp³-hybridized carbons (Fsp3) is 0. The molecule has 4 nitrogen and oxygen atoms in total. The lowest BCUT2D eigenvalue weighted by Gasteiger charge is -2.11. The first-order valence-corrected chi connectivity index (χ1v) is 17.3. The molecular weight excluding hydrogens is 623 g/mol. The summed E-state index contributed by atoms with van der Waals surface area (Å²) in [5, 5.41) is 7.09. The summed E-state index contributed by atoms with van der Waals surface area (Å²) in [6.07, 6.45) is 0. The average Bonchev–Trinajstić information content (AvgIpc) is 3.84. The van der Waals surface area contributed by atoms with E-state index in [0.717, 1.165) is 66.9 Å². The molecule has 0 bridgehead atoms. The summed E-state index contributed by atoms with van der Waals surface area (Å²) in [5.41, 5.74) is 11.9. The predicted octanol–water partition coefficient (Wildman–Crippen LogP) is 12.5. The van der Waals surface area contributed by atoms with Crippen LogP contribution in [0.4, 0.5) is 0 Å². The Hall–Kier alpha value is -6.91. The van der Waals surface area contributed by atoms with Crippen molar-refractivity contribution in [2.75, 3.05) is 0 Å². The van der Waals surface area contributed by atoms with Crippen LogP contribution in [0.1, 0.15) is 0 Å². The number of aromatic nitrogens is 3. The van der Waals surface area contributed by atoms with E-state index in [1.165, 1.54) is 32.6 Å². The number of para-hydroxylation sites is 3. The van der Waals surface area contributed by atoms with E-state index in [9.17, 15) is 0 Å². The van der Waals surface area contributed by atoms with Crippen LogP contribution in [0, 0.1) is 0 Å². The number of rotatable bonds is 4. The van der Waals surface area contributed by atoms with Crippen molar-refractivity contribution in [3.05, 3.63) is 176 Å². The summed E-state index contributed by atoms with van der Waals surface area (Å²) in [6.45, 7) is 0. The Morgan fingerprint density at radius 1 is 0.353 bits per heavy atom. The van der Waals surface area contributed by atoms with Crippen LogP contribution in [0.2, 0.25) is 0 Å². The Balaban J connectivity index is 1.14. The first-order valence-electron chi connectivity index (χ1n) is 17.3. The highest BCUT2D eigenvalue weighted by molar-refractivity contribution is 6.19. The molecule has 11 aromatic rings. The van der Waals surface area contributed by atoms with E-state index in [-0.39, 0.29) is 0 Å². The van der Waals surface area contributed by atoms with Crippen LogP contribution in [0.5, 0.6) is 0 Å². The highest BCUT2D eigenvalue weighted by Crippen LogP contribution is 2.40. The summed E-state index contributed by atoms with van der Waals surface area (Å²) in [6, 6.07) is 62.5. The normalized spacial score (nSPS) is 11.9. The minimum absolute atomic E-state index is 0.903. The second-order valence-electron chi connectivity index (χ2n) is 13.2. The molecule has 0 atom stereocenters. The van der Waals surface area contributed by atoms with Crippen LogP contribution >= 0.6 is 0 Å². The van der Waals surface area contributed by atoms with Crippen molar-refractivity contribution in [2.24, 2.45) is 0 Å². The molecule has 4 heteroatoms. The molecule has 0 radical (unpaired) electrons. The van der Waals surface area contributed by atoms with Gasteiger partial charge in [-0.05, 0) is 77.9 Å². The largest absolute Gasteiger partial charge is 0.456 e. The molecule has 4 heterocycles. The molecule has 0 unspecified atom stereocenters. The third-order valence-electron chi connectivity index (χ3n) is 10.3. The van der Waals surface area contributed by atoms with Gasteiger partial charge in [-0.25, -0.2) is 4.98 Å². The molecule has 0 fully saturated rings. The molecule has 0 aliphatic rings. The minimum atomic E-state index is 0.903. The summed E-state index contributed by atoms with van der Waals surface area (Å²) in [5.74, 6) is 0.903. The highest BCUT2D eigenvalue weighted by atomic mass is 16.3. The van der Waals surface area contributed by atoms with Gasteiger partial charge in [0.25, 0.3) is 0 Å². The van der Waals surface area contributed by atoms with Gasteiger partial charge in [-0.2, -0.15) is 0 Å². The number of benzene rings is 7. The zero-order chi connectivity index (χ0) is 33.5. The van der Waals surface area contributed by atoms with Gasteiger partial charge >= 0.3 is 0 Å². The SMILES string of the molecule is c1ccc(-c2cccc(-n3c4ccccc4c4cc5c(cc43)c3ccccc3n5-c3cccc(-c4ccc5oc6ccccc6c5c4)c3)n2)cc1. The Bertz CT molecular complexity index is 3140. The van der Waals surface area contributed by atoms with Crippen molar-refractivity contribution < 1.29 is 4.42 Å². The Kier molecular flexibility index (Phi) is 5.92. The van der Waals surface area contributed by atoms with E-state index in [0.29, 0.717) is 0 Å². The van der Waals surface area contributed by atoms with Crippen LogP contribution in [0.3, 0.4) is 0 Å². The molecule has 238 valence electrons. The second kappa shape index (κ2) is 10.8. The van der Waals surface area contributed by atoms with Crippen molar-refractivity contribution in [1.82, 2.24) is 14.1 Å². The maximum absolute atomic E-state index is 6.13. The van der Waals surface area contributed by atoms with Gasteiger partial charge in [0.05, 0.1) is 27.8 Å². The summed E-state index contributed by atoms with van der Waals surface area (Å²) >= 11 is 0. The number of fused-ring (bicyclic) bond motifs is 9. The molecule has 0 saturated carbocycles. The maximum Gasteiger partial charge on any atom is 0.138 e. The van der Waals surface area contributed by atoms with Gasteiger partial charge in [0, 0.05) is 43.6 Å². The predicted molar refractivity (Wildman–Crippen MR) is 211 cm³/mol. The minimum Gasteiger partial charge on any atom is -0.456 e. The zero-order valence-electron chi connectivity index (χ0n) is 27.5. The first-order chi connectivity index (χ1) is 25.3. The number of hydrogen-bond donors (Lipinski definition) is 0. The van der Waals surface area contributed by atoms with Crippen molar-refractivity contribution in [3.63, 3.8) is 0 Å². The summed E-state index contributed by atoms with van der Waals surface area (Å²) < 4.78 is 10.9. The van der Waals surface area contributed by atoms with Crippen molar-refractivity contribution in [3.8, 4) is 33.9 Å². The molecule has 0 spiro atoms. The summed E-state index contributed by atoms with van der Waals surface area (Å²) in [4.78, 5) is 5.20. The van der Waals surface area contributed by atoms with Gasteiger partial charge in [-0.3, -0.25) is 4.57 Å². The molecule has 0 aliphatic carbocycles. The monoisotopic (exact) mass is 651 g/mol. The van der Waals surface area contributed by atoms with Gasteiger partial charge in [0.15, 0.2) is 0 Å². The van der Waals surface area contributed by atoms with Crippen LogP contribution in [-0.4, -0.2) is 14.1 Å². The first kappa shape index (κ1) is 28.0. The molecule has 0 amide bonds. The smallest absolute Gasteiger partial charge is 0.138 e. The third kappa shape index (κ3) is 4.23. The number of furan rings is 1. The molecule has 4 aromatic heterocycles. The topological polar surface area (TPSA) is 35.9 Å². The molecule has 51 heavy (non-hydrogen) atoms. The van der Waals surface area contributed by atoms with E-state index in [4.69, 9.17) is 9.40 Å². The standard InChI is InChI=1S/C47H29N3O/c1-2-12-30(13-3-1)40-19-11-23-47(48-40)50-42-21-8-5-17-35(42)38-28-43-37(29-44(38)50)34-16-4-7-20-41(34)49(43)33-15-10-14-31(26-33)32-24-25-46-39(27-32)36-18-6-9-22-45(36)51-46/h1-29H. The maximum atomic E-state index is 6.13. The Morgan fingerprint density at radius 3 is 1.76 bits per heavy atom.